The number of carbonyl (C=O) groups is 2. The molecule has 10 atom stereocenters. The minimum Gasteiger partial charge on any atom is -0.444 e. The molecule has 9 heteroatoms. The summed E-state index contributed by atoms with van der Waals surface area (Å²) in [5, 5.41) is 16.5. The number of nitrogens with one attached hydrogen (secondary N) is 2. The molecule has 0 aromatic heterocycles. The Hall–Kier alpha value is -1.61. The zero-order valence-corrected chi connectivity index (χ0v) is 31.8. The Morgan fingerprint density at radius 2 is 1.52 bits per heavy atom. The molecular weight excluding hydrogens is 609 g/mol. The summed E-state index contributed by atoms with van der Waals surface area (Å²) >= 11 is 0. The Morgan fingerprint density at radius 3 is 2.19 bits per heavy atom. The lowest BCUT2D eigenvalue weighted by atomic mass is 9.44. The second-order valence-corrected chi connectivity index (χ2v) is 18.5. The van der Waals surface area contributed by atoms with E-state index >= 15 is 4.39 Å². The molecular formula is C39H70FN3O5. The first-order valence-electron chi connectivity index (χ1n) is 19.3. The predicted molar refractivity (Wildman–Crippen MR) is 189 cm³/mol. The summed E-state index contributed by atoms with van der Waals surface area (Å²) in [5.74, 6) is 2.32. The summed E-state index contributed by atoms with van der Waals surface area (Å²) in [6.07, 6.45) is 9.45. The van der Waals surface area contributed by atoms with Crippen LogP contribution >= 0.6 is 0 Å². The van der Waals surface area contributed by atoms with Gasteiger partial charge in [-0.05, 0) is 165 Å². The van der Waals surface area contributed by atoms with Gasteiger partial charge in [0.05, 0.1) is 0 Å². The fourth-order valence-corrected chi connectivity index (χ4v) is 10.6. The summed E-state index contributed by atoms with van der Waals surface area (Å²) in [5.41, 5.74) is -0.725. The van der Waals surface area contributed by atoms with E-state index in [1.807, 2.05) is 41.5 Å². The van der Waals surface area contributed by atoms with Crippen molar-refractivity contribution in [2.75, 3.05) is 32.8 Å². The largest absolute Gasteiger partial charge is 0.444 e. The number of unbranched alkanes of at least 4 members (excludes halogenated alkanes) is 1. The van der Waals surface area contributed by atoms with Crippen molar-refractivity contribution < 1.29 is 28.6 Å². The van der Waals surface area contributed by atoms with Crippen molar-refractivity contribution in [3.05, 3.63) is 0 Å². The van der Waals surface area contributed by atoms with Gasteiger partial charge in [-0.15, -0.1) is 0 Å². The Labute approximate surface area is 291 Å². The van der Waals surface area contributed by atoms with E-state index in [-0.39, 0.29) is 29.4 Å². The van der Waals surface area contributed by atoms with Crippen LogP contribution in [0.15, 0.2) is 0 Å². The second-order valence-electron chi connectivity index (χ2n) is 18.5. The molecule has 4 aliphatic carbocycles. The first-order chi connectivity index (χ1) is 22.4. The van der Waals surface area contributed by atoms with Gasteiger partial charge in [-0.3, -0.25) is 0 Å². The maximum Gasteiger partial charge on any atom is 0.410 e. The van der Waals surface area contributed by atoms with Crippen LogP contribution in [0.4, 0.5) is 14.0 Å². The van der Waals surface area contributed by atoms with Crippen molar-refractivity contribution in [3.63, 3.8) is 0 Å². The molecule has 3 N–H and O–H groups in total. The highest BCUT2D eigenvalue weighted by molar-refractivity contribution is 5.68. The van der Waals surface area contributed by atoms with Crippen LogP contribution in [0.5, 0.6) is 0 Å². The van der Waals surface area contributed by atoms with Crippen molar-refractivity contribution in [2.24, 2.45) is 46.3 Å². The lowest BCUT2D eigenvalue weighted by Gasteiger charge is -2.62. The molecule has 0 spiro atoms. The fraction of sp³-hybridized carbons (Fsp3) is 0.949. The highest BCUT2D eigenvalue weighted by Crippen LogP contribution is 2.68. The number of amides is 2. The minimum absolute atomic E-state index is 0.166. The smallest absolute Gasteiger partial charge is 0.410 e. The van der Waals surface area contributed by atoms with E-state index in [1.54, 1.807) is 4.90 Å². The lowest BCUT2D eigenvalue weighted by molar-refractivity contribution is -0.149. The molecule has 8 nitrogen and oxygen atoms in total. The number of alkyl carbamates (subject to hydrolysis) is 1. The number of aliphatic hydroxyl groups excluding tert-OH is 1. The minimum atomic E-state index is -0.721. The summed E-state index contributed by atoms with van der Waals surface area (Å²) in [7, 11) is 0. The maximum absolute atomic E-state index is 16.3. The fourth-order valence-electron chi connectivity index (χ4n) is 10.6. The van der Waals surface area contributed by atoms with Gasteiger partial charge in [0.25, 0.3) is 0 Å². The molecule has 4 unspecified atom stereocenters. The zero-order valence-electron chi connectivity index (χ0n) is 31.8. The van der Waals surface area contributed by atoms with Gasteiger partial charge in [0, 0.05) is 32.3 Å². The summed E-state index contributed by atoms with van der Waals surface area (Å²) in [6.45, 7) is 21.0. The first-order valence-corrected chi connectivity index (χ1v) is 19.3. The normalized spacial score (nSPS) is 35.5. The number of halogens is 1. The quantitative estimate of drug-likeness (QED) is 0.180. The molecule has 0 radical (unpaired) electrons. The number of fused-ring (bicyclic) bond motifs is 5. The molecule has 0 bridgehead atoms. The third kappa shape index (κ3) is 9.38. The van der Waals surface area contributed by atoms with Crippen LogP contribution in [0, 0.1) is 46.3 Å². The van der Waals surface area contributed by atoms with Gasteiger partial charge < -0.3 is 30.1 Å². The van der Waals surface area contributed by atoms with Crippen molar-refractivity contribution in [2.45, 2.75) is 156 Å². The van der Waals surface area contributed by atoms with Gasteiger partial charge in [0.15, 0.2) is 0 Å². The molecule has 0 aromatic rings. The molecule has 2 amide bonds. The van der Waals surface area contributed by atoms with Crippen molar-refractivity contribution >= 4 is 12.2 Å². The van der Waals surface area contributed by atoms with Crippen LogP contribution in [0.3, 0.4) is 0 Å². The molecule has 4 rings (SSSR count). The van der Waals surface area contributed by atoms with Gasteiger partial charge in [-0.25, -0.2) is 14.0 Å². The molecule has 0 aliphatic heterocycles. The van der Waals surface area contributed by atoms with Crippen LogP contribution in [0.25, 0.3) is 0 Å². The SMILES string of the molecule is C[C@H](CO)C1CCC2C3C(CC[C@@]21C)[C@@]1(C)CC[C@H](NCCCN(CCCCNC(=O)OC(C)(C)C)C(=O)OC(C)(C)C)C[C@@H]1C[C@H]3F. The molecule has 278 valence electrons. The van der Waals surface area contributed by atoms with E-state index in [0.29, 0.717) is 61.7 Å². The highest BCUT2D eigenvalue weighted by Gasteiger charge is 2.63. The Bertz CT molecular complexity index is 1080. The molecule has 0 heterocycles. The van der Waals surface area contributed by atoms with Gasteiger partial charge in [-0.2, -0.15) is 0 Å². The topological polar surface area (TPSA) is 100 Å². The standard InChI is InChI=1S/C39H70FN3O5/c1-26(25-44)29-13-14-30-33-31(16-18-39(29,30)9)38(8)17-15-28(23-27(38)24-32(33)40)41-20-12-22-43(35(46)48-37(5,6)7)21-11-10-19-42-34(45)47-36(2,3)4/h26-33,41,44H,10-25H2,1-9H3,(H,42,45)/t26-,27-,28+,29?,30?,31?,32-,33?,38+,39-/m1/s1. The Balaban J connectivity index is 1.25. The average Bonchev–Trinajstić information content (AvgIpc) is 3.33. The molecule has 48 heavy (non-hydrogen) atoms. The molecule has 4 fully saturated rings. The molecule has 0 saturated heterocycles. The number of alkyl halides is 1. The van der Waals surface area contributed by atoms with Gasteiger partial charge in [0.1, 0.15) is 17.4 Å². The van der Waals surface area contributed by atoms with Crippen LogP contribution in [0.2, 0.25) is 0 Å². The first kappa shape index (κ1) is 39.2. The summed E-state index contributed by atoms with van der Waals surface area (Å²) in [6, 6.07) is 0.385. The van der Waals surface area contributed by atoms with E-state index in [9.17, 15) is 14.7 Å². The van der Waals surface area contributed by atoms with Crippen LogP contribution in [-0.4, -0.2) is 78.4 Å². The number of aliphatic hydroxyl groups is 1. The van der Waals surface area contributed by atoms with Crippen LogP contribution in [0.1, 0.15) is 133 Å². The monoisotopic (exact) mass is 680 g/mol. The Kier molecular flexibility index (Phi) is 12.8. The van der Waals surface area contributed by atoms with E-state index in [2.05, 4.69) is 31.4 Å². The third-order valence-corrected chi connectivity index (χ3v) is 12.9. The van der Waals surface area contributed by atoms with Gasteiger partial charge >= 0.3 is 12.2 Å². The number of ether oxygens (including phenoxy) is 2. The third-order valence-electron chi connectivity index (χ3n) is 12.9. The van der Waals surface area contributed by atoms with Gasteiger partial charge in [0.2, 0.25) is 0 Å². The predicted octanol–water partition coefficient (Wildman–Crippen LogP) is 8.11. The lowest BCUT2D eigenvalue weighted by Crippen LogP contribution is -2.58. The number of carbonyl (C=O) groups excluding carboxylic acids is 2. The van der Waals surface area contributed by atoms with Gasteiger partial charge in [-0.1, -0.05) is 20.8 Å². The van der Waals surface area contributed by atoms with Crippen LogP contribution < -0.4 is 10.6 Å². The number of nitrogens with zero attached hydrogens (tertiary/aromatic N) is 1. The average molecular weight is 680 g/mol. The second kappa shape index (κ2) is 15.7. The van der Waals surface area contributed by atoms with Crippen molar-refractivity contribution in [1.82, 2.24) is 15.5 Å². The Morgan fingerprint density at radius 1 is 0.875 bits per heavy atom. The zero-order chi connectivity index (χ0) is 35.5. The van der Waals surface area contributed by atoms with E-state index in [1.165, 1.54) is 6.42 Å². The number of hydrogen-bond acceptors (Lipinski definition) is 6. The summed E-state index contributed by atoms with van der Waals surface area (Å²) < 4.78 is 27.3. The van der Waals surface area contributed by atoms with Crippen LogP contribution in [-0.2, 0) is 9.47 Å². The molecule has 4 aliphatic rings. The van der Waals surface area contributed by atoms with Crippen molar-refractivity contribution in [1.29, 1.82) is 0 Å². The number of rotatable bonds is 12. The van der Waals surface area contributed by atoms with E-state index in [0.717, 1.165) is 64.3 Å². The maximum atomic E-state index is 16.3. The van der Waals surface area contributed by atoms with Crippen molar-refractivity contribution in [3.8, 4) is 0 Å². The molecule has 4 saturated carbocycles. The van der Waals surface area contributed by atoms with E-state index < -0.39 is 23.5 Å². The highest BCUT2D eigenvalue weighted by atomic mass is 19.1. The van der Waals surface area contributed by atoms with E-state index in [4.69, 9.17) is 9.47 Å². The number of hydrogen-bond donors (Lipinski definition) is 3. The molecule has 0 aromatic carbocycles. The summed E-state index contributed by atoms with van der Waals surface area (Å²) in [4.78, 5) is 26.8.